The molecule has 0 aliphatic heterocycles. The summed E-state index contributed by atoms with van der Waals surface area (Å²) < 4.78 is 0. The highest BCUT2D eigenvalue weighted by molar-refractivity contribution is 5.55. The Kier molecular flexibility index (Phi) is 3.49. The van der Waals surface area contributed by atoms with Crippen LogP contribution in [0.1, 0.15) is 22.5 Å². The number of hydrogen-bond donors (Lipinski definition) is 1. The largest absolute Gasteiger partial charge is 0.363 e. The molecule has 2 rings (SSSR count). The van der Waals surface area contributed by atoms with Gasteiger partial charge in [0, 0.05) is 12.4 Å². The first-order chi connectivity index (χ1) is 8.70. The van der Waals surface area contributed by atoms with Gasteiger partial charge < -0.3 is 5.32 Å². The first-order valence-corrected chi connectivity index (χ1v) is 5.58. The van der Waals surface area contributed by atoms with Crippen molar-refractivity contribution in [2.75, 3.05) is 5.32 Å². The van der Waals surface area contributed by atoms with Crippen LogP contribution in [0.15, 0.2) is 24.7 Å². The molecule has 2 heterocycles. The van der Waals surface area contributed by atoms with Gasteiger partial charge in [-0.15, -0.1) is 0 Å². The van der Waals surface area contributed by atoms with Gasteiger partial charge in [-0.25, -0.2) is 4.98 Å². The summed E-state index contributed by atoms with van der Waals surface area (Å²) in [5.41, 5.74) is 3.17. The third kappa shape index (κ3) is 2.61. The second kappa shape index (κ2) is 5.23. The molecule has 0 aromatic carbocycles. The van der Waals surface area contributed by atoms with Gasteiger partial charge in [0.25, 0.3) is 0 Å². The Labute approximate surface area is 106 Å². The van der Waals surface area contributed by atoms with E-state index >= 15 is 0 Å². The van der Waals surface area contributed by atoms with Gasteiger partial charge in [0.15, 0.2) is 0 Å². The van der Waals surface area contributed by atoms with Gasteiger partial charge in [-0.05, 0) is 25.5 Å². The Bertz CT molecular complexity index is 583. The highest BCUT2D eigenvalue weighted by atomic mass is 15.0. The van der Waals surface area contributed by atoms with Crippen LogP contribution in [0.3, 0.4) is 0 Å². The van der Waals surface area contributed by atoms with Gasteiger partial charge in [0.1, 0.15) is 11.9 Å². The summed E-state index contributed by atoms with van der Waals surface area (Å²) in [6, 6.07) is 3.96. The molecule has 0 aliphatic carbocycles. The molecule has 0 unspecified atom stereocenters. The molecule has 1 N–H and O–H groups in total. The molecule has 90 valence electrons. The molecule has 2 aromatic rings. The maximum absolute atomic E-state index is 9.07. The van der Waals surface area contributed by atoms with Crippen molar-refractivity contribution in [2.24, 2.45) is 0 Å². The molecule has 0 amide bonds. The lowest BCUT2D eigenvalue weighted by Crippen LogP contribution is -2.06. The highest BCUT2D eigenvalue weighted by Crippen LogP contribution is 2.15. The van der Waals surface area contributed by atoms with E-state index in [1.165, 1.54) is 0 Å². The Morgan fingerprint density at radius 3 is 2.72 bits per heavy atom. The van der Waals surface area contributed by atoms with Crippen molar-refractivity contribution in [3.05, 3.63) is 47.2 Å². The predicted molar refractivity (Wildman–Crippen MR) is 67.8 cm³/mol. The maximum Gasteiger partial charge on any atom is 0.144 e. The lowest BCUT2D eigenvalue weighted by molar-refractivity contribution is 0.974. The van der Waals surface area contributed by atoms with E-state index in [0.29, 0.717) is 17.9 Å². The van der Waals surface area contributed by atoms with Crippen LogP contribution in [0.25, 0.3) is 0 Å². The molecule has 5 nitrogen and oxygen atoms in total. The maximum atomic E-state index is 9.07. The summed E-state index contributed by atoms with van der Waals surface area (Å²) >= 11 is 0. The van der Waals surface area contributed by atoms with Crippen LogP contribution in [-0.4, -0.2) is 15.0 Å². The Morgan fingerprint density at radius 2 is 2.06 bits per heavy atom. The van der Waals surface area contributed by atoms with Crippen LogP contribution < -0.4 is 5.32 Å². The lowest BCUT2D eigenvalue weighted by atomic mass is 10.1. The SMILES string of the molecule is Cc1cnc(CNc2nccc(C)c2C#N)cn1. The zero-order valence-corrected chi connectivity index (χ0v) is 10.3. The Hall–Kier alpha value is -2.48. The average molecular weight is 239 g/mol. The standard InChI is InChI=1S/C13H13N5/c1-9-3-4-15-13(12(9)5-14)18-8-11-7-16-10(2)6-17-11/h3-4,6-7H,8H2,1-2H3,(H,15,18). The number of nitrogens with one attached hydrogen (secondary N) is 1. The Morgan fingerprint density at radius 1 is 1.22 bits per heavy atom. The molecular formula is C13H13N5. The zero-order valence-electron chi connectivity index (χ0n) is 10.3. The van der Waals surface area contributed by atoms with Crippen molar-refractivity contribution in [2.45, 2.75) is 20.4 Å². The van der Waals surface area contributed by atoms with E-state index in [4.69, 9.17) is 5.26 Å². The van der Waals surface area contributed by atoms with Gasteiger partial charge in [-0.3, -0.25) is 9.97 Å². The number of nitriles is 1. The summed E-state index contributed by atoms with van der Waals surface area (Å²) in [4.78, 5) is 12.6. The van der Waals surface area contributed by atoms with Gasteiger partial charge in [0.05, 0.1) is 29.7 Å². The summed E-state index contributed by atoms with van der Waals surface area (Å²) in [6.07, 6.45) is 5.11. The van der Waals surface area contributed by atoms with Crippen molar-refractivity contribution in [1.82, 2.24) is 15.0 Å². The van der Waals surface area contributed by atoms with Crippen LogP contribution in [0.5, 0.6) is 0 Å². The number of nitrogens with zero attached hydrogens (tertiary/aromatic N) is 4. The van der Waals surface area contributed by atoms with E-state index < -0.39 is 0 Å². The molecular weight excluding hydrogens is 226 g/mol. The van der Waals surface area contributed by atoms with Crippen LogP contribution >= 0.6 is 0 Å². The Balaban J connectivity index is 2.14. The molecule has 0 bridgehead atoms. The predicted octanol–water partition coefficient (Wildman–Crippen LogP) is 1.97. The summed E-state index contributed by atoms with van der Waals surface area (Å²) in [7, 11) is 0. The first kappa shape index (κ1) is 12.0. The van der Waals surface area contributed by atoms with Gasteiger partial charge >= 0.3 is 0 Å². The van der Waals surface area contributed by atoms with Gasteiger partial charge in [0.2, 0.25) is 0 Å². The fourth-order valence-electron chi connectivity index (χ4n) is 1.52. The fourth-order valence-corrected chi connectivity index (χ4v) is 1.52. The molecule has 0 atom stereocenters. The van der Waals surface area contributed by atoms with Gasteiger partial charge in [-0.2, -0.15) is 5.26 Å². The van der Waals surface area contributed by atoms with Crippen molar-refractivity contribution in [1.29, 1.82) is 5.26 Å². The van der Waals surface area contributed by atoms with E-state index in [1.807, 2.05) is 19.9 Å². The van der Waals surface area contributed by atoms with E-state index in [9.17, 15) is 0 Å². The number of hydrogen-bond acceptors (Lipinski definition) is 5. The number of aryl methyl sites for hydroxylation is 2. The van der Waals surface area contributed by atoms with Crippen LogP contribution in [0, 0.1) is 25.2 Å². The molecule has 0 radical (unpaired) electrons. The van der Waals surface area contributed by atoms with Gasteiger partial charge in [-0.1, -0.05) is 0 Å². The number of rotatable bonds is 3. The third-order valence-electron chi connectivity index (χ3n) is 2.54. The molecule has 2 aromatic heterocycles. The quantitative estimate of drug-likeness (QED) is 0.886. The summed E-state index contributed by atoms with van der Waals surface area (Å²) in [5, 5.41) is 12.2. The first-order valence-electron chi connectivity index (χ1n) is 5.58. The molecule has 0 spiro atoms. The van der Waals surface area contributed by atoms with Crippen molar-refractivity contribution < 1.29 is 0 Å². The fraction of sp³-hybridized carbons (Fsp3) is 0.231. The molecule has 0 saturated heterocycles. The van der Waals surface area contributed by atoms with Crippen molar-refractivity contribution in [3.8, 4) is 6.07 Å². The number of pyridine rings is 1. The number of anilines is 1. The molecule has 18 heavy (non-hydrogen) atoms. The van der Waals surface area contributed by atoms with Crippen molar-refractivity contribution in [3.63, 3.8) is 0 Å². The smallest absolute Gasteiger partial charge is 0.144 e. The normalized spacial score (nSPS) is 9.83. The van der Waals surface area contributed by atoms with E-state index in [2.05, 4.69) is 26.3 Å². The minimum atomic E-state index is 0.498. The van der Waals surface area contributed by atoms with Crippen molar-refractivity contribution >= 4 is 5.82 Å². The number of aromatic nitrogens is 3. The minimum absolute atomic E-state index is 0.498. The zero-order chi connectivity index (χ0) is 13.0. The molecule has 0 saturated carbocycles. The second-order valence-electron chi connectivity index (χ2n) is 3.97. The van der Waals surface area contributed by atoms with Crippen LogP contribution in [-0.2, 0) is 6.54 Å². The molecule has 5 heteroatoms. The third-order valence-corrected chi connectivity index (χ3v) is 2.54. The van der Waals surface area contributed by atoms with E-state index in [1.54, 1.807) is 18.6 Å². The highest BCUT2D eigenvalue weighted by Gasteiger charge is 2.06. The summed E-state index contributed by atoms with van der Waals surface area (Å²) in [6.45, 7) is 4.27. The topological polar surface area (TPSA) is 74.5 Å². The minimum Gasteiger partial charge on any atom is -0.363 e. The molecule has 0 fully saturated rings. The van der Waals surface area contributed by atoms with E-state index in [0.717, 1.165) is 17.0 Å². The summed E-state index contributed by atoms with van der Waals surface area (Å²) in [5.74, 6) is 0.583. The molecule has 0 aliphatic rings. The lowest BCUT2D eigenvalue weighted by Gasteiger charge is -2.08. The monoisotopic (exact) mass is 239 g/mol. The second-order valence-corrected chi connectivity index (χ2v) is 3.97. The van der Waals surface area contributed by atoms with Crippen LogP contribution in [0.4, 0.5) is 5.82 Å². The van der Waals surface area contributed by atoms with Crippen LogP contribution in [0.2, 0.25) is 0 Å². The average Bonchev–Trinajstić information content (AvgIpc) is 2.38. The van der Waals surface area contributed by atoms with E-state index in [-0.39, 0.29) is 0 Å².